The second-order valence-electron chi connectivity index (χ2n) is 3.81. The third-order valence-electron chi connectivity index (χ3n) is 2.29. The van der Waals surface area contributed by atoms with Crippen molar-refractivity contribution in [1.29, 1.82) is 0 Å². The Morgan fingerprint density at radius 2 is 2.32 bits per heavy atom. The molecule has 0 amide bonds. The predicted octanol–water partition coefficient (Wildman–Crippen LogP) is 2.45. The lowest BCUT2D eigenvalue weighted by Gasteiger charge is -2.06. The molecule has 6 heteroatoms. The van der Waals surface area contributed by atoms with Gasteiger partial charge in [-0.05, 0) is 24.3 Å². The van der Waals surface area contributed by atoms with E-state index in [1.165, 1.54) is 30.5 Å². The number of carbonyl (C=O) groups is 1. The average Bonchev–Trinajstić information content (AvgIpc) is 2.75. The van der Waals surface area contributed by atoms with Crippen LogP contribution in [-0.4, -0.2) is 20.9 Å². The smallest absolute Gasteiger partial charge is 0.328 e. The summed E-state index contributed by atoms with van der Waals surface area (Å²) in [5.74, 6) is -0.744. The summed E-state index contributed by atoms with van der Waals surface area (Å²) in [6, 6.07) is 3.87. The highest BCUT2D eigenvalue weighted by Crippen LogP contribution is 2.26. The molecular formula is C13H11FN2O3. The Balaban J connectivity index is 2.31. The number of carboxylic acids is 1. The van der Waals surface area contributed by atoms with Crippen molar-refractivity contribution in [2.24, 2.45) is 7.05 Å². The van der Waals surface area contributed by atoms with Crippen molar-refractivity contribution in [3.05, 3.63) is 48.0 Å². The molecule has 0 atom stereocenters. The number of nitrogens with zero attached hydrogens (tertiary/aromatic N) is 2. The highest BCUT2D eigenvalue weighted by molar-refractivity contribution is 5.85. The highest BCUT2D eigenvalue weighted by atomic mass is 19.1. The molecule has 2 rings (SSSR count). The molecule has 0 radical (unpaired) electrons. The van der Waals surface area contributed by atoms with Crippen LogP contribution in [0.1, 0.15) is 5.56 Å². The van der Waals surface area contributed by atoms with Gasteiger partial charge in [0.25, 0.3) is 0 Å². The molecule has 0 fully saturated rings. The van der Waals surface area contributed by atoms with E-state index in [9.17, 15) is 9.18 Å². The number of halogens is 1. The zero-order valence-corrected chi connectivity index (χ0v) is 10.1. The summed E-state index contributed by atoms with van der Waals surface area (Å²) in [4.78, 5) is 10.5. The van der Waals surface area contributed by atoms with Crippen LogP contribution < -0.4 is 4.74 Å². The molecule has 0 aliphatic rings. The standard InChI is InChI=1S/C13H11FN2O3/c1-16-8-11(7-15-16)19-12-4-3-10(14)6-9(12)2-5-13(17)18/h2-8H,1H3,(H,17,18)/b5-2+. The molecule has 1 heterocycles. The second kappa shape index (κ2) is 5.34. The van der Waals surface area contributed by atoms with Crippen LogP contribution in [0.25, 0.3) is 6.08 Å². The van der Waals surface area contributed by atoms with Gasteiger partial charge in [-0.3, -0.25) is 4.68 Å². The van der Waals surface area contributed by atoms with Gasteiger partial charge in [0.05, 0.1) is 12.4 Å². The molecule has 0 aliphatic carbocycles. The summed E-state index contributed by atoms with van der Waals surface area (Å²) >= 11 is 0. The van der Waals surface area contributed by atoms with Crippen LogP contribution >= 0.6 is 0 Å². The number of carboxylic acid groups (broad SMARTS) is 1. The van der Waals surface area contributed by atoms with Crippen molar-refractivity contribution in [2.45, 2.75) is 0 Å². The fraction of sp³-hybridized carbons (Fsp3) is 0.0769. The maximum absolute atomic E-state index is 13.2. The van der Waals surface area contributed by atoms with Gasteiger partial charge in [-0.25, -0.2) is 9.18 Å². The Bertz CT molecular complexity index is 635. The van der Waals surface area contributed by atoms with Gasteiger partial charge in [-0.15, -0.1) is 0 Å². The molecule has 0 saturated heterocycles. The lowest BCUT2D eigenvalue weighted by Crippen LogP contribution is -1.90. The molecule has 0 saturated carbocycles. The molecule has 98 valence electrons. The Labute approximate surface area is 108 Å². The molecule has 0 unspecified atom stereocenters. The number of rotatable bonds is 4. The molecule has 2 aromatic rings. The molecule has 0 spiro atoms. The zero-order chi connectivity index (χ0) is 13.8. The van der Waals surface area contributed by atoms with E-state index in [0.29, 0.717) is 17.1 Å². The fourth-order valence-electron chi connectivity index (χ4n) is 1.48. The summed E-state index contributed by atoms with van der Waals surface area (Å²) in [7, 11) is 1.74. The van der Waals surface area contributed by atoms with Crippen LogP contribution in [-0.2, 0) is 11.8 Å². The summed E-state index contributed by atoms with van der Waals surface area (Å²) in [5, 5.41) is 12.5. The largest absolute Gasteiger partial charge is 0.478 e. The van der Waals surface area contributed by atoms with E-state index in [-0.39, 0.29) is 0 Å². The summed E-state index contributed by atoms with van der Waals surface area (Å²) in [6.45, 7) is 0. The first-order valence-corrected chi connectivity index (χ1v) is 5.41. The quantitative estimate of drug-likeness (QED) is 0.859. The SMILES string of the molecule is Cn1cc(Oc2ccc(F)cc2/C=C/C(=O)O)cn1. The van der Waals surface area contributed by atoms with Gasteiger partial charge in [0.15, 0.2) is 5.75 Å². The van der Waals surface area contributed by atoms with E-state index in [1.54, 1.807) is 17.9 Å². The van der Waals surface area contributed by atoms with Crippen molar-refractivity contribution < 1.29 is 19.0 Å². The Hall–Kier alpha value is -2.63. The van der Waals surface area contributed by atoms with Crippen molar-refractivity contribution in [3.63, 3.8) is 0 Å². The summed E-state index contributed by atoms with van der Waals surface area (Å²) in [6.07, 6.45) is 5.35. The highest BCUT2D eigenvalue weighted by Gasteiger charge is 2.06. The van der Waals surface area contributed by atoms with E-state index in [4.69, 9.17) is 9.84 Å². The number of ether oxygens (including phenoxy) is 1. The van der Waals surface area contributed by atoms with Gasteiger partial charge in [-0.2, -0.15) is 5.10 Å². The van der Waals surface area contributed by atoms with E-state index < -0.39 is 11.8 Å². The minimum atomic E-state index is -1.11. The number of aryl methyl sites for hydroxylation is 1. The minimum absolute atomic E-state index is 0.339. The van der Waals surface area contributed by atoms with E-state index in [0.717, 1.165) is 6.08 Å². The van der Waals surface area contributed by atoms with Gasteiger partial charge in [0.2, 0.25) is 0 Å². The Morgan fingerprint density at radius 1 is 1.53 bits per heavy atom. The first kappa shape index (κ1) is 12.8. The number of aromatic nitrogens is 2. The first-order valence-electron chi connectivity index (χ1n) is 5.41. The molecule has 0 bridgehead atoms. The van der Waals surface area contributed by atoms with E-state index in [2.05, 4.69) is 5.10 Å². The van der Waals surface area contributed by atoms with Crippen LogP contribution in [0, 0.1) is 5.82 Å². The van der Waals surface area contributed by atoms with Gasteiger partial charge in [-0.1, -0.05) is 0 Å². The number of hydrogen-bond donors (Lipinski definition) is 1. The molecule has 1 aromatic heterocycles. The van der Waals surface area contributed by atoms with E-state index >= 15 is 0 Å². The normalized spacial score (nSPS) is 10.8. The van der Waals surface area contributed by atoms with Crippen LogP contribution in [0.15, 0.2) is 36.7 Å². The molecular weight excluding hydrogens is 251 g/mol. The van der Waals surface area contributed by atoms with Gasteiger partial charge in [0, 0.05) is 18.7 Å². The van der Waals surface area contributed by atoms with Crippen LogP contribution in [0.3, 0.4) is 0 Å². The Kier molecular flexibility index (Phi) is 3.61. The molecule has 19 heavy (non-hydrogen) atoms. The van der Waals surface area contributed by atoms with Crippen LogP contribution in [0.5, 0.6) is 11.5 Å². The van der Waals surface area contributed by atoms with Gasteiger partial charge < -0.3 is 9.84 Å². The number of hydrogen-bond acceptors (Lipinski definition) is 3. The zero-order valence-electron chi connectivity index (χ0n) is 10.1. The fourth-order valence-corrected chi connectivity index (χ4v) is 1.48. The Morgan fingerprint density at radius 3 is 2.95 bits per heavy atom. The number of benzene rings is 1. The van der Waals surface area contributed by atoms with Crippen LogP contribution in [0.4, 0.5) is 4.39 Å². The molecule has 0 aliphatic heterocycles. The first-order chi connectivity index (χ1) is 9.04. The van der Waals surface area contributed by atoms with Gasteiger partial charge >= 0.3 is 5.97 Å². The lowest BCUT2D eigenvalue weighted by atomic mass is 10.2. The van der Waals surface area contributed by atoms with Crippen molar-refractivity contribution in [2.75, 3.05) is 0 Å². The van der Waals surface area contributed by atoms with Crippen molar-refractivity contribution in [1.82, 2.24) is 9.78 Å². The monoisotopic (exact) mass is 262 g/mol. The molecule has 1 aromatic carbocycles. The second-order valence-corrected chi connectivity index (χ2v) is 3.81. The molecule has 1 N–H and O–H groups in total. The maximum Gasteiger partial charge on any atom is 0.328 e. The third-order valence-corrected chi connectivity index (χ3v) is 2.29. The minimum Gasteiger partial charge on any atom is -0.478 e. The van der Waals surface area contributed by atoms with Crippen LogP contribution in [0.2, 0.25) is 0 Å². The molecule has 5 nitrogen and oxygen atoms in total. The average molecular weight is 262 g/mol. The maximum atomic E-state index is 13.2. The predicted molar refractivity (Wildman–Crippen MR) is 66.4 cm³/mol. The lowest BCUT2D eigenvalue weighted by molar-refractivity contribution is -0.131. The summed E-state index contributed by atoms with van der Waals surface area (Å²) in [5.41, 5.74) is 0.339. The van der Waals surface area contributed by atoms with E-state index in [1.807, 2.05) is 0 Å². The summed E-state index contributed by atoms with van der Waals surface area (Å²) < 4.78 is 20.2. The third kappa shape index (κ3) is 3.41. The topological polar surface area (TPSA) is 64.3 Å². The van der Waals surface area contributed by atoms with Crippen molar-refractivity contribution >= 4 is 12.0 Å². The van der Waals surface area contributed by atoms with Gasteiger partial charge in [0.1, 0.15) is 11.6 Å². The van der Waals surface area contributed by atoms with Crippen molar-refractivity contribution in [3.8, 4) is 11.5 Å². The number of aliphatic carboxylic acids is 1.